The highest BCUT2D eigenvalue weighted by Gasteiger charge is 1.91. The van der Waals surface area contributed by atoms with Crippen LogP contribution < -0.4 is 17.5 Å². The molecule has 1 aromatic rings. The monoisotopic (exact) mass is 164 g/mol. The van der Waals surface area contributed by atoms with Crippen molar-refractivity contribution in [3.63, 3.8) is 0 Å². The fourth-order valence-corrected chi connectivity index (χ4v) is 0.264. The minimum Gasteiger partial charge on any atom is -0.324 e. The van der Waals surface area contributed by atoms with Gasteiger partial charge in [0.1, 0.15) is 0 Å². The average Bonchev–Trinajstić information content (AvgIpc) is 1.83. The Balaban J connectivity index is 3.65. The number of hydrogen-bond donors (Lipinski definition) is 0. The summed E-state index contributed by atoms with van der Waals surface area (Å²) >= 11 is 0. The molecule has 0 aliphatic rings. The summed E-state index contributed by atoms with van der Waals surface area (Å²) in [5.74, 6) is -4.55. The zero-order valence-corrected chi connectivity index (χ0v) is 4.77. The van der Waals surface area contributed by atoms with Crippen LogP contribution in [0, 0.1) is 0 Å². The molecule has 1 heterocycles. The summed E-state index contributed by atoms with van der Waals surface area (Å²) in [6.07, 6.45) is 0. The molecule has 60 valence electrons. The fraction of sp³-hybridized carbons (Fsp3) is 0. The third kappa shape index (κ3) is 2.01. The third-order valence-electron chi connectivity index (χ3n) is 0.537. The van der Waals surface area contributed by atoms with E-state index in [2.05, 4.69) is 22.7 Å². The molecule has 0 bridgehead atoms. The Labute approximate surface area is 55.8 Å². The van der Waals surface area contributed by atoms with Crippen molar-refractivity contribution >= 4 is 0 Å². The predicted octanol–water partition coefficient (Wildman–Crippen LogP) is -1.14. The molecule has 0 saturated heterocycles. The summed E-state index contributed by atoms with van der Waals surface area (Å²) in [4.78, 5) is 30.3. The van der Waals surface area contributed by atoms with Gasteiger partial charge in [0.15, 0.2) is 0 Å². The Morgan fingerprint density at radius 3 is 1.64 bits per heavy atom. The largest absolute Gasteiger partial charge is 0.563 e. The van der Waals surface area contributed by atoms with Crippen molar-refractivity contribution in [3.8, 4) is 0 Å². The SMILES string of the molecule is O=c1oooc(=O)oc(=O)o1. The van der Waals surface area contributed by atoms with E-state index in [4.69, 9.17) is 0 Å². The Hall–Kier alpha value is -1.99. The van der Waals surface area contributed by atoms with Crippen LogP contribution in [0.25, 0.3) is 0 Å². The van der Waals surface area contributed by atoms with Gasteiger partial charge < -0.3 is 8.83 Å². The number of hydrogen-bond acceptors (Lipinski definition) is 8. The lowest BCUT2D eigenvalue weighted by Crippen LogP contribution is -2.10. The van der Waals surface area contributed by atoms with Crippen molar-refractivity contribution in [2.75, 3.05) is 0 Å². The first-order chi connectivity index (χ1) is 5.18. The second-order valence-corrected chi connectivity index (χ2v) is 1.19. The molecular weight excluding hydrogens is 164 g/mol. The summed E-state index contributed by atoms with van der Waals surface area (Å²) in [7, 11) is 0. The van der Waals surface area contributed by atoms with Crippen LogP contribution in [0.2, 0.25) is 0 Å². The van der Waals surface area contributed by atoms with E-state index >= 15 is 0 Å². The van der Waals surface area contributed by atoms with Crippen molar-refractivity contribution in [1.82, 2.24) is 0 Å². The van der Waals surface area contributed by atoms with Crippen LogP contribution in [0.3, 0.4) is 0 Å². The van der Waals surface area contributed by atoms with E-state index in [0.717, 1.165) is 0 Å². The van der Waals surface area contributed by atoms with Crippen molar-refractivity contribution in [3.05, 3.63) is 31.9 Å². The van der Waals surface area contributed by atoms with Crippen molar-refractivity contribution in [2.45, 2.75) is 0 Å². The molecule has 0 aliphatic carbocycles. The Bertz CT molecular complexity index is 380. The van der Waals surface area contributed by atoms with Gasteiger partial charge in [-0.05, 0) is 0 Å². The predicted molar refractivity (Wildman–Crippen MR) is 24.2 cm³/mol. The average molecular weight is 164 g/mol. The molecule has 0 aliphatic heterocycles. The molecule has 0 amide bonds. The Morgan fingerprint density at radius 2 is 1.18 bits per heavy atom. The van der Waals surface area contributed by atoms with E-state index in [1.165, 1.54) is 0 Å². The van der Waals surface area contributed by atoms with Crippen LogP contribution in [0.15, 0.2) is 37.1 Å². The third-order valence-corrected chi connectivity index (χ3v) is 0.537. The first-order valence-corrected chi connectivity index (χ1v) is 2.17. The van der Waals surface area contributed by atoms with Gasteiger partial charge in [0, 0.05) is 0 Å². The molecule has 0 saturated carbocycles. The van der Waals surface area contributed by atoms with Crippen LogP contribution in [-0.2, 0) is 0 Å². The minimum absolute atomic E-state index is 1.50. The first-order valence-electron chi connectivity index (χ1n) is 2.17. The van der Waals surface area contributed by atoms with Crippen molar-refractivity contribution < 1.29 is 22.7 Å². The van der Waals surface area contributed by atoms with E-state index in [1.54, 1.807) is 0 Å². The van der Waals surface area contributed by atoms with Crippen molar-refractivity contribution in [1.29, 1.82) is 0 Å². The molecule has 1 aromatic heterocycles. The van der Waals surface area contributed by atoms with Gasteiger partial charge >= 0.3 is 17.5 Å². The van der Waals surface area contributed by atoms with Gasteiger partial charge in [-0.15, -0.1) is 0 Å². The van der Waals surface area contributed by atoms with E-state index in [0.29, 0.717) is 0 Å². The van der Waals surface area contributed by atoms with Crippen molar-refractivity contribution in [2.24, 2.45) is 0 Å². The summed E-state index contributed by atoms with van der Waals surface area (Å²) in [6.45, 7) is 0. The highest BCUT2D eigenvalue weighted by molar-refractivity contribution is 4.30. The molecule has 0 radical (unpaired) electrons. The quantitative estimate of drug-likeness (QED) is 0.441. The molecule has 11 heavy (non-hydrogen) atoms. The topological polar surface area (TPSA) is 117 Å². The van der Waals surface area contributed by atoms with Crippen LogP contribution in [0.4, 0.5) is 0 Å². The summed E-state index contributed by atoms with van der Waals surface area (Å²) < 4.78 is 17.7. The lowest BCUT2D eigenvalue weighted by atomic mass is 11.4. The molecule has 0 unspecified atom stereocenters. The normalized spacial score (nSPS) is 9.09. The Kier molecular flexibility index (Phi) is 1.77. The van der Waals surface area contributed by atoms with Crippen LogP contribution in [-0.4, -0.2) is 0 Å². The molecular formula is C3O8. The summed E-state index contributed by atoms with van der Waals surface area (Å²) in [5, 5.41) is 0. The number of rotatable bonds is 0. The molecule has 0 fully saturated rings. The molecule has 0 atom stereocenters. The fourth-order valence-electron chi connectivity index (χ4n) is 0.264. The van der Waals surface area contributed by atoms with E-state index < -0.39 is 17.5 Å². The maximum Gasteiger partial charge on any atom is 0.563 e. The smallest absolute Gasteiger partial charge is 0.324 e. The van der Waals surface area contributed by atoms with Gasteiger partial charge in [-0.25, -0.2) is 4.79 Å². The second-order valence-electron chi connectivity index (χ2n) is 1.19. The zero-order valence-electron chi connectivity index (χ0n) is 4.77. The van der Waals surface area contributed by atoms with Gasteiger partial charge in [0.05, 0.1) is 0 Å². The van der Waals surface area contributed by atoms with Gasteiger partial charge in [-0.3, -0.25) is 0 Å². The molecule has 0 spiro atoms. The maximum atomic E-state index is 10.2. The van der Waals surface area contributed by atoms with Crippen LogP contribution >= 0.6 is 0 Å². The molecule has 0 N–H and O–H groups in total. The minimum atomic E-state index is -1.55. The zero-order chi connectivity index (χ0) is 8.27. The van der Waals surface area contributed by atoms with E-state index in [-0.39, 0.29) is 0 Å². The molecule has 0 aromatic carbocycles. The van der Waals surface area contributed by atoms with Gasteiger partial charge in [-0.2, -0.15) is 18.7 Å². The van der Waals surface area contributed by atoms with E-state index in [1.807, 2.05) is 0 Å². The van der Waals surface area contributed by atoms with Gasteiger partial charge in [0.2, 0.25) is 0 Å². The van der Waals surface area contributed by atoms with Gasteiger partial charge in [-0.1, -0.05) is 4.74 Å². The maximum absolute atomic E-state index is 10.2. The summed E-state index contributed by atoms with van der Waals surface area (Å²) in [6, 6.07) is 0. The molecule has 8 nitrogen and oxygen atoms in total. The Morgan fingerprint density at radius 1 is 0.727 bits per heavy atom. The lowest BCUT2D eigenvalue weighted by Gasteiger charge is -1.70. The van der Waals surface area contributed by atoms with Crippen LogP contribution in [0.1, 0.15) is 0 Å². The molecule has 1 rings (SSSR count). The first kappa shape index (κ1) is 7.12. The lowest BCUT2D eigenvalue weighted by molar-refractivity contribution is -0.218. The highest BCUT2D eigenvalue weighted by Crippen LogP contribution is 1.61. The highest BCUT2D eigenvalue weighted by atomic mass is 17.2. The van der Waals surface area contributed by atoms with Gasteiger partial charge in [0.25, 0.3) is 0 Å². The molecule has 8 heteroatoms. The van der Waals surface area contributed by atoms with Crippen LogP contribution in [0.5, 0.6) is 0 Å². The standard InChI is InChI=1S/C3O8/c4-1-7-2(5)9-11-10-3(6)8-1. The second kappa shape index (κ2) is 2.73. The summed E-state index contributed by atoms with van der Waals surface area (Å²) in [5.41, 5.74) is 0. The van der Waals surface area contributed by atoms with E-state index in [9.17, 15) is 14.4 Å².